The molecule has 38 heavy (non-hydrogen) atoms. The molecule has 0 aliphatic heterocycles. The first kappa shape index (κ1) is 22.2. The Morgan fingerprint density at radius 2 is 1.79 bits per heavy atom. The Kier molecular flexibility index (Phi) is 5.17. The number of rotatable bonds is 5. The number of hydrogen-bond acceptors (Lipinski definition) is 6. The Labute approximate surface area is 215 Å². The number of hydrogen-bond donors (Lipinski definition) is 3. The topological polar surface area (TPSA) is 125 Å². The van der Waals surface area contributed by atoms with Crippen molar-refractivity contribution >= 4 is 33.8 Å². The molecular formula is C28H21FN8O. The lowest BCUT2D eigenvalue weighted by Crippen LogP contribution is -2.28. The molecule has 0 saturated heterocycles. The summed E-state index contributed by atoms with van der Waals surface area (Å²) in [7, 11) is 0. The maximum atomic E-state index is 13.5. The summed E-state index contributed by atoms with van der Waals surface area (Å²) in [5, 5.41) is 11.2. The molecule has 0 spiro atoms. The number of aromatic nitrogens is 7. The van der Waals surface area contributed by atoms with Gasteiger partial charge < -0.3 is 10.3 Å². The predicted molar refractivity (Wildman–Crippen MR) is 141 cm³/mol. The van der Waals surface area contributed by atoms with Crippen LogP contribution in [0.15, 0.2) is 67.3 Å². The Bertz CT molecular complexity index is 1820. The second kappa shape index (κ2) is 8.84. The van der Waals surface area contributed by atoms with E-state index in [2.05, 4.69) is 35.5 Å². The van der Waals surface area contributed by atoms with E-state index in [4.69, 9.17) is 4.98 Å². The van der Waals surface area contributed by atoms with Gasteiger partial charge in [-0.3, -0.25) is 14.9 Å². The molecule has 1 amide bonds. The molecule has 9 nitrogen and oxygen atoms in total. The van der Waals surface area contributed by atoms with E-state index in [0.29, 0.717) is 34.0 Å². The van der Waals surface area contributed by atoms with Crippen LogP contribution in [0.3, 0.4) is 0 Å². The average molecular weight is 505 g/mol. The number of H-pyrrole nitrogens is 2. The van der Waals surface area contributed by atoms with Crippen molar-refractivity contribution in [3.8, 4) is 33.8 Å². The van der Waals surface area contributed by atoms with Crippen molar-refractivity contribution in [2.75, 3.05) is 5.32 Å². The van der Waals surface area contributed by atoms with Crippen LogP contribution in [0, 0.1) is 11.7 Å². The number of aromatic amines is 2. The first-order valence-corrected chi connectivity index (χ1v) is 12.3. The molecule has 1 saturated carbocycles. The zero-order chi connectivity index (χ0) is 25.6. The van der Waals surface area contributed by atoms with Gasteiger partial charge in [-0.1, -0.05) is 18.6 Å². The van der Waals surface area contributed by atoms with Crippen molar-refractivity contribution in [2.24, 2.45) is 5.92 Å². The standard InChI is InChI=1S/C28H21FN8O/c29-19-6-4-15(5-7-19)21-8-9-31-26-23(21)34-27(35-26)24-22-11-18(13-32-25(22)37-36-24)17-10-20(14-30-12-17)33-28(38)16-2-1-3-16/h4-14,16H,1-3H2,(H,33,38)(H,31,34,35)(H,32,36,37). The Morgan fingerprint density at radius 3 is 2.61 bits per heavy atom. The molecular weight excluding hydrogens is 483 g/mol. The van der Waals surface area contributed by atoms with Gasteiger partial charge in [-0.25, -0.2) is 19.3 Å². The molecule has 0 radical (unpaired) electrons. The second-order valence-electron chi connectivity index (χ2n) is 9.42. The van der Waals surface area contributed by atoms with Gasteiger partial charge in [0.1, 0.15) is 17.0 Å². The normalized spacial score (nSPS) is 13.6. The van der Waals surface area contributed by atoms with Gasteiger partial charge >= 0.3 is 0 Å². The second-order valence-corrected chi connectivity index (χ2v) is 9.42. The van der Waals surface area contributed by atoms with Crippen LogP contribution in [-0.4, -0.2) is 41.0 Å². The number of anilines is 1. The van der Waals surface area contributed by atoms with Crippen molar-refractivity contribution in [1.82, 2.24) is 35.1 Å². The van der Waals surface area contributed by atoms with Crippen LogP contribution in [0.2, 0.25) is 0 Å². The molecule has 1 aliphatic rings. The molecule has 5 aromatic heterocycles. The van der Waals surface area contributed by atoms with Crippen LogP contribution < -0.4 is 5.32 Å². The van der Waals surface area contributed by atoms with Crippen LogP contribution in [0.1, 0.15) is 19.3 Å². The Morgan fingerprint density at radius 1 is 0.947 bits per heavy atom. The molecule has 0 atom stereocenters. The zero-order valence-corrected chi connectivity index (χ0v) is 20.1. The van der Waals surface area contributed by atoms with E-state index >= 15 is 0 Å². The van der Waals surface area contributed by atoms with Crippen LogP contribution in [0.4, 0.5) is 10.1 Å². The minimum absolute atomic E-state index is 0.0411. The number of carbonyl (C=O) groups is 1. The summed E-state index contributed by atoms with van der Waals surface area (Å²) in [4.78, 5) is 33.7. The Hall–Kier alpha value is -4.99. The summed E-state index contributed by atoms with van der Waals surface area (Å²) in [6.07, 6.45) is 9.79. The van der Waals surface area contributed by atoms with E-state index in [-0.39, 0.29) is 17.6 Å². The van der Waals surface area contributed by atoms with Gasteiger partial charge in [0.15, 0.2) is 17.1 Å². The SMILES string of the molecule is O=C(Nc1cncc(-c2cnc3[nH]nc(-c4nc5c(-c6ccc(F)cc6)ccnc5[nH]4)c3c2)c1)C1CCC1. The van der Waals surface area contributed by atoms with Gasteiger partial charge in [0.2, 0.25) is 5.91 Å². The van der Waals surface area contributed by atoms with Crippen molar-refractivity contribution in [2.45, 2.75) is 19.3 Å². The fourth-order valence-corrected chi connectivity index (χ4v) is 4.71. The quantitative estimate of drug-likeness (QED) is 0.285. The summed E-state index contributed by atoms with van der Waals surface area (Å²) in [5.41, 5.74) is 6.44. The average Bonchev–Trinajstić information content (AvgIpc) is 3.52. The molecule has 5 heterocycles. The number of benzene rings is 1. The third kappa shape index (κ3) is 3.86. The van der Waals surface area contributed by atoms with Gasteiger partial charge in [-0.05, 0) is 48.7 Å². The van der Waals surface area contributed by atoms with Gasteiger partial charge in [-0.15, -0.1) is 0 Å². The molecule has 1 aromatic carbocycles. The van der Waals surface area contributed by atoms with E-state index in [1.54, 1.807) is 36.9 Å². The number of carbonyl (C=O) groups excluding carboxylic acids is 1. The fourth-order valence-electron chi connectivity index (χ4n) is 4.71. The molecule has 10 heteroatoms. The monoisotopic (exact) mass is 504 g/mol. The molecule has 0 unspecified atom stereocenters. The highest BCUT2D eigenvalue weighted by Crippen LogP contribution is 2.33. The number of nitrogens with one attached hydrogen (secondary N) is 3. The third-order valence-electron chi connectivity index (χ3n) is 7.00. The highest BCUT2D eigenvalue weighted by molar-refractivity contribution is 5.97. The number of halogens is 1. The lowest BCUT2D eigenvalue weighted by molar-refractivity contribution is -0.122. The smallest absolute Gasteiger partial charge is 0.227 e. The molecule has 1 fully saturated rings. The molecule has 1 aliphatic carbocycles. The van der Waals surface area contributed by atoms with Crippen LogP contribution >= 0.6 is 0 Å². The van der Waals surface area contributed by atoms with Crippen molar-refractivity contribution in [3.05, 3.63) is 73.1 Å². The molecule has 186 valence electrons. The van der Waals surface area contributed by atoms with E-state index in [0.717, 1.165) is 46.9 Å². The van der Waals surface area contributed by atoms with Crippen molar-refractivity contribution < 1.29 is 9.18 Å². The predicted octanol–water partition coefficient (Wildman–Crippen LogP) is 5.50. The first-order valence-electron chi connectivity index (χ1n) is 12.3. The minimum atomic E-state index is -0.297. The van der Waals surface area contributed by atoms with Crippen molar-refractivity contribution in [1.29, 1.82) is 0 Å². The maximum absolute atomic E-state index is 13.5. The summed E-state index contributed by atoms with van der Waals surface area (Å²) in [6, 6.07) is 12.0. The minimum Gasteiger partial charge on any atom is -0.324 e. The van der Waals surface area contributed by atoms with Gasteiger partial charge in [0.05, 0.1) is 17.3 Å². The molecule has 3 N–H and O–H groups in total. The lowest BCUT2D eigenvalue weighted by Gasteiger charge is -2.24. The lowest BCUT2D eigenvalue weighted by atomic mass is 9.85. The number of pyridine rings is 3. The van der Waals surface area contributed by atoms with E-state index < -0.39 is 0 Å². The van der Waals surface area contributed by atoms with Crippen LogP contribution in [-0.2, 0) is 4.79 Å². The summed E-state index contributed by atoms with van der Waals surface area (Å²) in [5.74, 6) is 0.368. The highest BCUT2D eigenvalue weighted by atomic mass is 19.1. The van der Waals surface area contributed by atoms with E-state index in [9.17, 15) is 9.18 Å². The third-order valence-corrected chi connectivity index (χ3v) is 7.00. The highest BCUT2D eigenvalue weighted by Gasteiger charge is 2.25. The van der Waals surface area contributed by atoms with Gasteiger partial charge in [0, 0.05) is 41.2 Å². The van der Waals surface area contributed by atoms with Crippen LogP contribution in [0.5, 0.6) is 0 Å². The number of amides is 1. The molecule has 0 bridgehead atoms. The van der Waals surface area contributed by atoms with E-state index in [1.165, 1.54) is 12.1 Å². The Balaban J connectivity index is 1.26. The summed E-state index contributed by atoms with van der Waals surface area (Å²) in [6.45, 7) is 0. The molecule has 7 rings (SSSR count). The van der Waals surface area contributed by atoms with E-state index in [1.807, 2.05) is 18.2 Å². The maximum Gasteiger partial charge on any atom is 0.227 e. The number of imidazole rings is 1. The first-order chi connectivity index (χ1) is 18.6. The fraction of sp³-hybridized carbons (Fsp3) is 0.143. The van der Waals surface area contributed by atoms with Crippen LogP contribution in [0.25, 0.3) is 56.0 Å². The largest absolute Gasteiger partial charge is 0.324 e. The van der Waals surface area contributed by atoms with Crippen molar-refractivity contribution in [3.63, 3.8) is 0 Å². The number of fused-ring (bicyclic) bond motifs is 2. The summed E-state index contributed by atoms with van der Waals surface area (Å²) < 4.78 is 13.5. The van der Waals surface area contributed by atoms with Gasteiger partial charge in [0.25, 0.3) is 0 Å². The summed E-state index contributed by atoms with van der Waals surface area (Å²) >= 11 is 0. The number of nitrogens with zero attached hydrogens (tertiary/aromatic N) is 5. The molecule has 6 aromatic rings. The zero-order valence-electron chi connectivity index (χ0n) is 20.1. The van der Waals surface area contributed by atoms with Gasteiger partial charge in [-0.2, -0.15) is 5.10 Å².